The monoisotopic (exact) mass is 270 g/mol. The molecule has 2 N–H and O–H groups in total. The summed E-state index contributed by atoms with van der Waals surface area (Å²) < 4.78 is 6.00. The summed E-state index contributed by atoms with van der Waals surface area (Å²) in [6.45, 7) is 4.78. The second-order valence-corrected chi connectivity index (χ2v) is 5.37. The Kier molecular flexibility index (Phi) is 4.19. The normalized spacial score (nSPS) is 15.8. The van der Waals surface area contributed by atoms with E-state index in [4.69, 9.17) is 10.5 Å². The number of benzene rings is 2. The van der Waals surface area contributed by atoms with Crippen LogP contribution in [0.25, 0.3) is 10.8 Å². The van der Waals surface area contributed by atoms with Crippen LogP contribution in [0, 0.1) is 0 Å². The number of nitrogens with zero attached hydrogens (tertiary/aromatic N) is 1. The lowest BCUT2D eigenvalue weighted by Gasteiger charge is -2.16. The Morgan fingerprint density at radius 1 is 1.00 bits per heavy atom. The van der Waals surface area contributed by atoms with Crippen LogP contribution < -0.4 is 10.5 Å². The molecule has 1 heterocycles. The highest BCUT2D eigenvalue weighted by atomic mass is 16.5. The third-order valence-corrected chi connectivity index (χ3v) is 4.06. The lowest BCUT2D eigenvalue weighted by atomic mass is 10.0. The molecule has 3 rings (SSSR count). The van der Waals surface area contributed by atoms with Crippen molar-refractivity contribution in [3.05, 3.63) is 42.0 Å². The van der Waals surface area contributed by atoms with E-state index in [2.05, 4.69) is 41.3 Å². The van der Waals surface area contributed by atoms with Crippen LogP contribution in [0.1, 0.15) is 18.4 Å². The molecule has 0 aromatic heterocycles. The van der Waals surface area contributed by atoms with E-state index in [1.54, 1.807) is 0 Å². The summed E-state index contributed by atoms with van der Waals surface area (Å²) in [6.07, 6.45) is 2.66. The largest absolute Gasteiger partial charge is 0.492 e. The number of likely N-dealkylation sites (tertiary alicyclic amines) is 1. The van der Waals surface area contributed by atoms with Crippen molar-refractivity contribution in [1.29, 1.82) is 0 Å². The summed E-state index contributed by atoms with van der Waals surface area (Å²) >= 11 is 0. The van der Waals surface area contributed by atoms with Crippen molar-refractivity contribution in [2.75, 3.05) is 26.2 Å². The van der Waals surface area contributed by atoms with Crippen LogP contribution in [0.15, 0.2) is 36.4 Å². The topological polar surface area (TPSA) is 38.5 Å². The molecule has 0 atom stereocenters. The molecule has 106 valence electrons. The highest BCUT2D eigenvalue weighted by Crippen LogP contribution is 2.28. The SMILES string of the molecule is NCc1ccc(OCCN2CCCC2)c2ccccc12. The molecule has 2 aromatic rings. The number of nitrogens with two attached hydrogens (primary N) is 1. The highest BCUT2D eigenvalue weighted by molar-refractivity contribution is 5.91. The molecule has 0 amide bonds. The molecule has 1 saturated heterocycles. The molecule has 3 heteroatoms. The van der Waals surface area contributed by atoms with Crippen molar-refractivity contribution in [2.45, 2.75) is 19.4 Å². The van der Waals surface area contributed by atoms with E-state index < -0.39 is 0 Å². The van der Waals surface area contributed by atoms with Crippen LogP contribution in [-0.2, 0) is 6.54 Å². The Morgan fingerprint density at radius 3 is 2.50 bits per heavy atom. The molecular formula is C17H22N2O. The minimum atomic E-state index is 0.564. The van der Waals surface area contributed by atoms with Crippen molar-refractivity contribution in [3.63, 3.8) is 0 Å². The van der Waals surface area contributed by atoms with E-state index in [0.29, 0.717) is 6.54 Å². The Bertz CT molecular complexity index is 576. The molecule has 0 aliphatic carbocycles. The van der Waals surface area contributed by atoms with Gasteiger partial charge in [-0.05, 0) is 42.9 Å². The summed E-state index contributed by atoms with van der Waals surface area (Å²) in [7, 11) is 0. The van der Waals surface area contributed by atoms with Gasteiger partial charge in [-0.2, -0.15) is 0 Å². The molecule has 1 fully saturated rings. The van der Waals surface area contributed by atoms with E-state index in [1.165, 1.54) is 36.9 Å². The lowest BCUT2D eigenvalue weighted by molar-refractivity contribution is 0.239. The minimum Gasteiger partial charge on any atom is -0.492 e. The molecule has 0 unspecified atom stereocenters. The maximum atomic E-state index is 6.00. The first-order chi connectivity index (χ1) is 9.88. The number of hydrogen-bond donors (Lipinski definition) is 1. The van der Waals surface area contributed by atoms with Gasteiger partial charge in [0.1, 0.15) is 12.4 Å². The van der Waals surface area contributed by atoms with Gasteiger partial charge in [0, 0.05) is 18.5 Å². The van der Waals surface area contributed by atoms with Crippen molar-refractivity contribution in [1.82, 2.24) is 4.90 Å². The lowest BCUT2D eigenvalue weighted by Crippen LogP contribution is -2.25. The van der Waals surface area contributed by atoms with Gasteiger partial charge in [-0.25, -0.2) is 0 Å². The molecule has 2 aromatic carbocycles. The molecule has 1 aliphatic heterocycles. The second-order valence-electron chi connectivity index (χ2n) is 5.37. The zero-order valence-electron chi connectivity index (χ0n) is 11.8. The van der Waals surface area contributed by atoms with Crippen LogP contribution in [0.5, 0.6) is 5.75 Å². The van der Waals surface area contributed by atoms with E-state index in [0.717, 1.165) is 24.3 Å². The van der Waals surface area contributed by atoms with Gasteiger partial charge >= 0.3 is 0 Å². The van der Waals surface area contributed by atoms with Crippen LogP contribution >= 0.6 is 0 Å². The summed E-state index contributed by atoms with van der Waals surface area (Å²) in [5.41, 5.74) is 6.97. The fourth-order valence-corrected chi connectivity index (χ4v) is 2.93. The van der Waals surface area contributed by atoms with E-state index in [-0.39, 0.29) is 0 Å². The third kappa shape index (κ3) is 2.79. The predicted molar refractivity (Wildman–Crippen MR) is 83.0 cm³/mol. The first kappa shape index (κ1) is 13.4. The van der Waals surface area contributed by atoms with Gasteiger partial charge in [0.25, 0.3) is 0 Å². The van der Waals surface area contributed by atoms with Crippen molar-refractivity contribution in [2.24, 2.45) is 5.73 Å². The molecular weight excluding hydrogens is 248 g/mol. The molecule has 3 nitrogen and oxygen atoms in total. The Hall–Kier alpha value is -1.58. The number of rotatable bonds is 5. The summed E-state index contributed by atoms with van der Waals surface area (Å²) in [4.78, 5) is 2.47. The second kappa shape index (κ2) is 6.25. The standard InChI is InChI=1S/C17H22N2O/c18-13-14-7-8-17(16-6-2-1-5-15(14)16)20-12-11-19-9-3-4-10-19/h1-2,5-8H,3-4,9-13,18H2. The highest BCUT2D eigenvalue weighted by Gasteiger charge is 2.11. The average Bonchev–Trinajstić information content (AvgIpc) is 3.01. The van der Waals surface area contributed by atoms with Crippen LogP contribution in [0.4, 0.5) is 0 Å². The first-order valence-electron chi connectivity index (χ1n) is 7.44. The summed E-state index contributed by atoms with van der Waals surface area (Å²) in [5, 5.41) is 2.37. The fourth-order valence-electron chi connectivity index (χ4n) is 2.93. The van der Waals surface area contributed by atoms with Crippen molar-refractivity contribution < 1.29 is 4.74 Å². The van der Waals surface area contributed by atoms with Gasteiger partial charge < -0.3 is 10.5 Å². The van der Waals surface area contributed by atoms with Gasteiger partial charge in [-0.3, -0.25) is 4.90 Å². The minimum absolute atomic E-state index is 0.564. The molecule has 0 saturated carbocycles. The molecule has 20 heavy (non-hydrogen) atoms. The summed E-state index contributed by atoms with van der Waals surface area (Å²) in [5.74, 6) is 0.969. The smallest absolute Gasteiger partial charge is 0.127 e. The van der Waals surface area contributed by atoms with Crippen molar-refractivity contribution >= 4 is 10.8 Å². The van der Waals surface area contributed by atoms with Gasteiger partial charge in [0.15, 0.2) is 0 Å². The molecule has 0 radical (unpaired) electrons. The Morgan fingerprint density at radius 2 is 1.75 bits per heavy atom. The van der Waals surface area contributed by atoms with Crippen LogP contribution in [-0.4, -0.2) is 31.1 Å². The Balaban J connectivity index is 1.74. The van der Waals surface area contributed by atoms with E-state index in [9.17, 15) is 0 Å². The number of ether oxygens (including phenoxy) is 1. The van der Waals surface area contributed by atoms with Crippen molar-refractivity contribution in [3.8, 4) is 5.75 Å². The van der Waals surface area contributed by atoms with E-state index in [1.807, 2.05) is 0 Å². The zero-order valence-corrected chi connectivity index (χ0v) is 11.8. The molecule has 0 bridgehead atoms. The van der Waals surface area contributed by atoms with Gasteiger partial charge in [0.2, 0.25) is 0 Å². The molecule has 1 aliphatic rings. The number of hydrogen-bond acceptors (Lipinski definition) is 3. The predicted octanol–water partition coefficient (Wildman–Crippen LogP) is 2.77. The first-order valence-corrected chi connectivity index (χ1v) is 7.44. The Labute approximate surface area is 120 Å². The van der Waals surface area contributed by atoms with Crippen LogP contribution in [0.3, 0.4) is 0 Å². The molecule has 0 spiro atoms. The van der Waals surface area contributed by atoms with Crippen LogP contribution in [0.2, 0.25) is 0 Å². The maximum absolute atomic E-state index is 6.00. The zero-order chi connectivity index (χ0) is 13.8. The van der Waals surface area contributed by atoms with Gasteiger partial charge in [-0.1, -0.05) is 30.3 Å². The maximum Gasteiger partial charge on any atom is 0.127 e. The fraction of sp³-hybridized carbons (Fsp3) is 0.412. The average molecular weight is 270 g/mol. The van der Waals surface area contributed by atoms with E-state index >= 15 is 0 Å². The van der Waals surface area contributed by atoms with Gasteiger partial charge in [-0.15, -0.1) is 0 Å². The summed E-state index contributed by atoms with van der Waals surface area (Å²) in [6, 6.07) is 12.5. The number of fused-ring (bicyclic) bond motifs is 1. The third-order valence-electron chi connectivity index (χ3n) is 4.06. The quantitative estimate of drug-likeness (QED) is 0.908. The van der Waals surface area contributed by atoms with Gasteiger partial charge in [0.05, 0.1) is 0 Å².